The molecule has 11 heteroatoms. The highest BCUT2D eigenvalue weighted by Gasteiger charge is 2.15. The highest BCUT2D eigenvalue weighted by atomic mass is 127. The maximum atomic E-state index is 10.7. The number of guanidine groups is 1. The molecule has 2 heterocycles. The largest absolute Gasteiger partial charge is 0.357 e. The Morgan fingerprint density at radius 3 is 2.71 bits per heavy atom. The van der Waals surface area contributed by atoms with Gasteiger partial charge in [-0.15, -0.1) is 24.0 Å². The van der Waals surface area contributed by atoms with E-state index in [1.165, 1.54) is 22.6 Å². The molecule has 0 bridgehead atoms. The molecule has 0 radical (unpaired) electrons. The summed E-state index contributed by atoms with van der Waals surface area (Å²) in [4.78, 5) is 16.9. The lowest BCUT2D eigenvalue weighted by molar-refractivity contribution is -0.385. The van der Waals surface area contributed by atoms with Gasteiger partial charge in [-0.05, 0) is 12.8 Å². The minimum atomic E-state index is -0.454. The third kappa shape index (κ3) is 6.46. The van der Waals surface area contributed by atoms with E-state index >= 15 is 0 Å². The van der Waals surface area contributed by atoms with Gasteiger partial charge >= 0.3 is 5.69 Å². The second-order valence-corrected chi connectivity index (χ2v) is 6.68. The van der Waals surface area contributed by atoms with E-state index in [1.807, 2.05) is 31.9 Å². The van der Waals surface area contributed by atoms with E-state index in [9.17, 15) is 10.1 Å². The van der Waals surface area contributed by atoms with Gasteiger partial charge in [0.1, 0.15) is 12.4 Å². The normalized spacial score (nSPS) is 11.4. The number of aliphatic imine (C=N–C) groups is 1. The van der Waals surface area contributed by atoms with Gasteiger partial charge in [-0.2, -0.15) is 10.2 Å². The van der Waals surface area contributed by atoms with Crippen LogP contribution >= 0.6 is 24.0 Å². The number of nitrogens with zero attached hydrogens (tertiary/aromatic N) is 7. The molecule has 28 heavy (non-hydrogen) atoms. The number of rotatable bonds is 8. The Bertz CT molecular complexity index is 799. The number of aryl methyl sites for hydroxylation is 1. The molecule has 1 N–H and O–H groups in total. The second kappa shape index (κ2) is 11.0. The summed E-state index contributed by atoms with van der Waals surface area (Å²) in [5.74, 6) is 1.13. The molecular weight excluding hydrogens is 475 g/mol. The number of halogens is 1. The molecule has 0 aliphatic heterocycles. The Balaban J connectivity index is 0.00000392. The molecule has 0 saturated heterocycles. The van der Waals surface area contributed by atoms with E-state index in [1.54, 1.807) is 0 Å². The Labute approximate surface area is 182 Å². The predicted molar refractivity (Wildman–Crippen MR) is 119 cm³/mol. The molecule has 0 aliphatic rings. The van der Waals surface area contributed by atoms with Gasteiger partial charge in [0.15, 0.2) is 5.96 Å². The third-order valence-corrected chi connectivity index (χ3v) is 4.01. The van der Waals surface area contributed by atoms with Crippen molar-refractivity contribution in [2.24, 2.45) is 12.0 Å². The zero-order chi connectivity index (χ0) is 20.0. The highest BCUT2D eigenvalue weighted by molar-refractivity contribution is 14.0. The molecule has 0 spiro atoms. The molecule has 0 saturated carbocycles. The number of nitro groups is 1. The van der Waals surface area contributed by atoms with Crippen molar-refractivity contribution in [2.75, 3.05) is 20.1 Å². The van der Waals surface area contributed by atoms with Crippen LogP contribution in [0.3, 0.4) is 0 Å². The number of aromatic nitrogens is 4. The van der Waals surface area contributed by atoms with Gasteiger partial charge in [0.25, 0.3) is 0 Å². The van der Waals surface area contributed by atoms with Gasteiger partial charge in [-0.25, -0.2) is 0 Å². The first-order valence-electron chi connectivity index (χ1n) is 9.00. The minimum Gasteiger partial charge on any atom is -0.357 e. The summed E-state index contributed by atoms with van der Waals surface area (Å²) in [6.07, 6.45) is 4.70. The lowest BCUT2D eigenvalue weighted by atomic mass is 10.1. The summed E-state index contributed by atoms with van der Waals surface area (Å²) in [7, 11) is 3.91. The lowest BCUT2D eigenvalue weighted by Gasteiger charge is -2.22. The lowest BCUT2D eigenvalue weighted by Crippen LogP contribution is -2.38. The van der Waals surface area contributed by atoms with Crippen LogP contribution in [-0.2, 0) is 20.1 Å². The van der Waals surface area contributed by atoms with E-state index in [4.69, 9.17) is 0 Å². The average Bonchev–Trinajstić information content (AvgIpc) is 3.21. The van der Waals surface area contributed by atoms with Gasteiger partial charge < -0.3 is 10.2 Å². The fraction of sp³-hybridized carbons (Fsp3) is 0.588. The zero-order valence-corrected chi connectivity index (χ0v) is 19.3. The van der Waals surface area contributed by atoms with Crippen molar-refractivity contribution >= 4 is 35.6 Å². The molecule has 0 amide bonds. The van der Waals surface area contributed by atoms with Gasteiger partial charge in [-0.1, -0.05) is 13.8 Å². The fourth-order valence-corrected chi connectivity index (χ4v) is 2.79. The first kappa shape index (κ1) is 23.9. The molecule has 156 valence electrons. The monoisotopic (exact) mass is 504 g/mol. The predicted octanol–water partition coefficient (Wildman–Crippen LogP) is 2.36. The molecule has 0 fully saturated rings. The third-order valence-electron chi connectivity index (χ3n) is 4.01. The highest BCUT2D eigenvalue weighted by Crippen LogP contribution is 2.18. The standard InChI is InChI=1S/C17H28N8O2.HI/c1-6-18-17(19-7-8-24-12-15(9-20-24)25(26)27)22(4)10-14-11-23(5)21-16(14)13(2)3;/h9,11-13H,6-8,10H2,1-5H3,(H,18,19);1H. The van der Waals surface area contributed by atoms with E-state index in [0.717, 1.165) is 18.2 Å². The van der Waals surface area contributed by atoms with Crippen LogP contribution in [0.15, 0.2) is 23.6 Å². The Hall–Kier alpha value is -2.18. The van der Waals surface area contributed by atoms with E-state index in [0.29, 0.717) is 25.6 Å². The van der Waals surface area contributed by atoms with Gasteiger partial charge in [0, 0.05) is 38.9 Å². The van der Waals surface area contributed by atoms with Crippen LogP contribution in [-0.4, -0.2) is 55.5 Å². The summed E-state index contributed by atoms with van der Waals surface area (Å²) in [6, 6.07) is 0. The molecule has 0 aliphatic carbocycles. The zero-order valence-electron chi connectivity index (χ0n) is 17.0. The molecule has 0 unspecified atom stereocenters. The van der Waals surface area contributed by atoms with Crippen LogP contribution in [0.4, 0.5) is 5.69 Å². The number of hydrogen-bond donors (Lipinski definition) is 1. The Morgan fingerprint density at radius 1 is 1.43 bits per heavy atom. The smallest absolute Gasteiger partial charge is 0.306 e. The minimum absolute atomic E-state index is 0. The van der Waals surface area contributed by atoms with Crippen LogP contribution in [0, 0.1) is 10.1 Å². The van der Waals surface area contributed by atoms with Crippen LogP contribution in [0.25, 0.3) is 0 Å². The van der Waals surface area contributed by atoms with Crippen molar-refractivity contribution in [3.05, 3.63) is 40.0 Å². The summed E-state index contributed by atoms with van der Waals surface area (Å²) < 4.78 is 3.37. The van der Waals surface area contributed by atoms with Crippen LogP contribution in [0.1, 0.15) is 37.9 Å². The van der Waals surface area contributed by atoms with Crippen LogP contribution in [0.2, 0.25) is 0 Å². The van der Waals surface area contributed by atoms with E-state index < -0.39 is 4.92 Å². The maximum absolute atomic E-state index is 10.7. The van der Waals surface area contributed by atoms with Crippen molar-refractivity contribution in [1.82, 2.24) is 29.8 Å². The van der Waals surface area contributed by atoms with Crippen molar-refractivity contribution in [3.8, 4) is 0 Å². The maximum Gasteiger partial charge on any atom is 0.306 e. The quantitative estimate of drug-likeness (QED) is 0.195. The van der Waals surface area contributed by atoms with Crippen molar-refractivity contribution in [2.45, 2.75) is 39.8 Å². The summed E-state index contributed by atoms with van der Waals surface area (Å²) in [6.45, 7) is 8.67. The van der Waals surface area contributed by atoms with Crippen molar-refractivity contribution < 1.29 is 4.92 Å². The molecule has 0 atom stereocenters. The molecule has 10 nitrogen and oxygen atoms in total. The summed E-state index contributed by atoms with van der Waals surface area (Å²) >= 11 is 0. The van der Waals surface area contributed by atoms with Crippen molar-refractivity contribution in [1.29, 1.82) is 0 Å². The van der Waals surface area contributed by atoms with E-state index in [2.05, 4.69) is 39.3 Å². The molecule has 0 aromatic carbocycles. The van der Waals surface area contributed by atoms with E-state index in [-0.39, 0.29) is 29.7 Å². The average molecular weight is 504 g/mol. The first-order valence-corrected chi connectivity index (χ1v) is 9.00. The number of hydrogen-bond acceptors (Lipinski definition) is 5. The van der Waals surface area contributed by atoms with Gasteiger partial charge in [0.05, 0.1) is 23.7 Å². The Kier molecular flexibility index (Phi) is 9.35. The number of nitrogens with one attached hydrogen (secondary N) is 1. The van der Waals surface area contributed by atoms with Crippen LogP contribution < -0.4 is 5.32 Å². The second-order valence-electron chi connectivity index (χ2n) is 6.68. The molecule has 2 aromatic rings. The van der Waals surface area contributed by atoms with Crippen LogP contribution in [0.5, 0.6) is 0 Å². The van der Waals surface area contributed by atoms with Gasteiger partial charge in [0.2, 0.25) is 0 Å². The Morgan fingerprint density at radius 2 is 2.14 bits per heavy atom. The summed E-state index contributed by atoms with van der Waals surface area (Å²) in [5.41, 5.74) is 2.24. The molecular formula is C17H29IN8O2. The SMILES string of the molecule is CCNC(=NCCn1cc([N+](=O)[O-])cn1)N(C)Cc1cn(C)nc1C(C)C.I. The van der Waals surface area contributed by atoms with Gasteiger partial charge in [-0.3, -0.25) is 24.5 Å². The van der Waals surface area contributed by atoms with Crippen molar-refractivity contribution in [3.63, 3.8) is 0 Å². The summed E-state index contributed by atoms with van der Waals surface area (Å²) in [5, 5.41) is 22.5. The molecule has 2 aromatic heterocycles. The molecule has 2 rings (SSSR count). The fourth-order valence-electron chi connectivity index (χ4n) is 2.79. The topological polar surface area (TPSA) is 106 Å². The first-order chi connectivity index (χ1) is 12.8.